The van der Waals surface area contributed by atoms with Gasteiger partial charge in [0.05, 0.1) is 0 Å². The van der Waals surface area contributed by atoms with Crippen molar-refractivity contribution in [3.8, 4) is 0 Å². The Morgan fingerprint density at radius 1 is 1.25 bits per heavy atom. The first-order chi connectivity index (χ1) is 9.61. The number of anilines is 1. The summed E-state index contributed by atoms with van der Waals surface area (Å²) in [4.78, 5) is 6.71. The number of hydrogen-bond donors (Lipinski definition) is 1. The monoisotopic (exact) mass is 269 g/mol. The average molecular weight is 269 g/mol. The zero-order valence-corrected chi connectivity index (χ0v) is 12.5. The molecule has 2 rings (SSSR count). The number of aryl methyl sites for hydroxylation is 1. The second-order valence-corrected chi connectivity index (χ2v) is 5.26. The fourth-order valence-electron chi connectivity index (χ4n) is 2.31. The van der Waals surface area contributed by atoms with Gasteiger partial charge in [0, 0.05) is 25.8 Å². The summed E-state index contributed by atoms with van der Waals surface area (Å²) in [6, 6.07) is 12.6. The Labute approximate surface area is 121 Å². The molecule has 0 fully saturated rings. The molecule has 1 aromatic carbocycles. The number of rotatable bonds is 5. The largest absolute Gasteiger partial charge is 0.355 e. The van der Waals surface area contributed by atoms with Gasteiger partial charge in [-0.05, 0) is 36.1 Å². The van der Waals surface area contributed by atoms with Crippen LogP contribution in [0.4, 0.5) is 5.82 Å². The van der Waals surface area contributed by atoms with E-state index in [9.17, 15) is 0 Å². The highest BCUT2D eigenvalue weighted by Crippen LogP contribution is 2.21. The van der Waals surface area contributed by atoms with Crippen LogP contribution in [0.1, 0.15) is 36.1 Å². The van der Waals surface area contributed by atoms with E-state index in [1.165, 1.54) is 11.1 Å². The van der Waals surface area contributed by atoms with Gasteiger partial charge in [0.2, 0.25) is 0 Å². The van der Waals surface area contributed by atoms with Gasteiger partial charge in [-0.15, -0.1) is 0 Å². The third-order valence-electron chi connectivity index (χ3n) is 3.63. The molecule has 0 spiro atoms. The molecule has 1 heterocycles. The molecular formula is C17H23N3. The van der Waals surface area contributed by atoms with E-state index < -0.39 is 0 Å². The van der Waals surface area contributed by atoms with Gasteiger partial charge in [-0.1, -0.05) is 37.3 Å². The number of nitrogens with zero attached hydrogens (tertiary/aromatic N) is 2. The van der Waals surface area contributed by atoms with E-state index in [0.29, 0.717) is 0 Å². The minimum absolute atomic E-state index is 0.0796. The average Bonchev–Trinajstić information content (AvgIpc) is 2.47. The zero-order chi connectivity index (χ0) is 14.5. The quantitative estimate of drug-likeness (QED) is 0.904. The van der Waals surface area contributed by atoms with Crippen LogP contribution in [0.15, 0.2) is 42.6 Å². The standard InChI is InChI=1S/C17H23N3/c1-4-16(18)15-11-19-17(10-13(15)2)20(3)12-14-8-6-5-7-9-14/h5-11,16H,4,12,18H2,1-3H3/t16-/m0/s1. The summed E-state index contributed by atoms with van der Waals surface area (Å²) in [7, 11) is 2.06. The molecule has 1 atom stereocenters. The van der Waals surface area contributed by atoms with Crippen molar-refractivity contribution >= 4 is 5.82 Å². The zero-order valence-electron chi connectivity index (χ0n) is 12.5. The SMILES string of the molecule is CC[C@H](N)c1cnc(N(C)Cc2ccccc2)cc1C. The van der Waals surface area contributed by atoms with Gasteiger partial charge in [-0.2, -0.15) is 0 Å². The molecule has 2 aromatic rings. The Bertz CT molecular complexity index is 551. The van der Waals surface area contributed by atoms with Crippen molar-refractivity contribution in [2.75, 3.05) is 11.9 Å². The van der Waals surface area contributed by atoms with Gasteiger partial charge >= 0.3 is 0 Å². The molecule has 0 saturated heterocycles. The first-order valence-electron chi connectivity index (χ1n) is 7.09. The molecule has 106 valence electrons. The van der Waals surface area contributed by atoms with Crippen LogP contribution in [-0.2, 0) is 6.54 Å². The van der Waals surface area contributed by atoms with Gasteiger partial charge in [-0.25, -0.2) is 4.98 Å². The van der Waals surface area contributed by atoms with E-state index in [1.807, 2.05) is 12.3 Å². The van der Waals surface area contributed by atoms with E-state index in [4.69, 9.17) is 5.73 Å². The summed E-state index contributed by atoms with van der Waals surface area (Å²) in [5, 5.41) is 0. The van der Waals surface area contributed by atoms with Crippen molar-refractivity contribution in [2.45, 2.75) is 32.9 Å². The summed E-state index contributed by atoms with van der Waals surface area (Å²) in [6.45, 7) is 5.05. The van der Waals surface area contributed by atoms with E-state index in [1.54, 1.807) is 0 Å². The molecule has 0 amide bonds. The van der Waals surface area contributed by atoms with Crippen LogP contribution in [0.2, 0.25) is 0 Å². The number of nitrogens with two attached hydrogens (primary N) is 1. The molecule has 0 saturated carbocycles. The third kappa shape index (κ3) is 3.36. The molecule has 0 bridgehead atoms. The van der Waals surface area contributed by atoms with E-state index in [0.717, 1.165) is 24.3 Å². The second kappa shape index (κ2) is 6.53. The van der Waals surface area contributed by atoms with Crippen molar-refractivity contribution in [3.05, 3.63) is 59.3 Å². The molecule has 0 aliphatic rings. The van der Waals surface area contributed by atoms with Crippen LogP contribution in [-0.4, -0.2) is 12.0 Å². The lowest BCUT2D eigenvalue weighted by Gasteiger charge is -2.20. The lowest BCUT2D eigenvalue weighted by Crippen LogP contribution is -2.19. The molecule has 0 unspecified atom stereocenters. The second-order valence-electron chi connectivity index (χ2n) is 5.26. The maximum Gasteiger partial charge on any atom is 0.128 e. The summed E-state index contributed by atoms with van der Waals surface area (Å²) < 4.78 is 0. The Kier molecular flexibility index (Phi) is 4.74. The fourth-order valence-corrected chi connectivity index (χ4v) is 2.31. The minimum Gasteiger partial charge on any atom is -0.355 e. The highest BCUT2D eigenvalue weighted by atomic mass is 15.2. The third-order valence-corrected chi connectivity index (χ3v) is 3.63. The van der Waals surface area contributed by atoms with Crippen LogP contribution >= 0.6 is 0 Å². The predicted octanol–water partition coefficient (Wildman–Crippen LogP) is 3.44. The smallest absolute Gasteiger partial charge is 0.128 e. The molecule has 3 heteroatoms. The summed E-state index contributed by atoms with van der Waals surface area (Å²) in [6.07, 6.45) is 2.85. The topological polar surface area (TPSA) is 42.1 Å². The maximum atomic E-state index is 6.09. The van der Waals surface area contributed by atoms with Crippen molar-refractivity contribution in [2.24, 2.45) is 5.73 Å². The van der Waals surface area contributed by atoms with Crippen LogP contribution < -0.4 is 10.6 Å². The van der Waals surface area contributed by atoms with Gasteiger partial charge in [0.25, 0.3) is 0 Å². The number of aromatic nitrogens is 1. The van der Waals surface area contributed by atoms with Gasteiger partial charge < -0.3 is 10.6 Å². The first kappa shape index (κ1) is 14.5. The normalized spacial score (nSPS) is 12.2. The molecule has 2 N–H and O–H groups in total. The summed E-state index contributed by atoms with van der Waals surface area (Å²) in [5.41, 5.74) is 9.73. The van der Waals surface area contributed by atoms with Crippen molar-refractivity contribution in [1.29, 1.82) is 0 Å². The number of benzene rings is 1. The van der Waals surface area contributed by atoms with Crippen LogP contribution in [0.3, 0.4) is 0 Å². The fraction of sp³-hybridized carbons (Fsp3) is 0.353. The Morgan fingerprint density at radius 3 is 2.55 bits per heavy atom. The molecule has 0 aliphatic carbocycles. The van der Waals surface area contributed by atoms with Crippen LogP contribution in [0.25, 0.3) is 0 Å². The predicted molar refractivity (Wildman–Crippen MR) is 84.7 cm³/mol. The highest BCUT2D eigenvalue weighted by molar-refractivity contribution is 5.44. The van der Waals surface area contributed by atoms with Crippen molar-refractivity contribution < 1.29 is 0 Å². The van der Waals surface area contributed by atoms with Gasteiger partial charge in [-0.3, -0.25) is 0 Å². The molecule has 1 aromatic heterocycles. The van der Waals surface area contributed by atoms with Crippen molar-refractivity contribution in [3.63, 3.8) is 0 Å². The number of hydrogen-bond acceptors (Lipinski definition) is 3. The Morgan fingerprint density at radius 2 is 1.95 bits per heavy atom. The lowest BCUT2D eigenvalue weighted by molar-refractivity contribution is 0.689. The van der Waals surface area contributed by atoms with Gasteiger partial charge in [0.1, 0.15) is 5.82 Å². The molecule has 20 heavy (non-hydrogen) atoms. The molecule has 3 nitrogen and oxygen atoms in total. The van der Waals surface area contributed by atoms with E-state index in [2.05, 4.69) is 61.1 Å². The highest BCUT2D eigenvalue weighted by Gasteiger charge is 2.10. The first-order valence-corrected chi connectivity index (χ1v) is 7.09. The molecule has 0 aliphatic heterocycles. The Hall–Kier alpha value is -1.87. The van der Waals surface area contributed by atoms with Crippen molar-refractivity contribution in [1.82, 2.24) is 4.98 Å². The summed E-state index contributed by atoms with van der Waals surface area (Å²) >= 11 is 0. The number of pyridine rings is 1. The van der Waals surface area contributed by atoms with E-state index in [-0.39, 0.29) is 6.04 Å². The van der Waals surface area contributed by atoms with Crippen LogP contribution in [0, 0.1) is 6.92 Å². The van der Waals surface area contributed by atoms with E-state index >= 15 is 0 Å². The minimum atomic E-state index is 0.0796. The summed E-state index contributed by atoms with van der Waals surface area (Å²) in [5.74, 6) is 0.985. The Balaban J connectivity index is 2.15. The van der Waals surface area contributed by atoms with Gasteiger partial charge in [0.15, 0.2) is 0 Å². The van der Waals surface area contributed by atoms with Crippen LogP contribution in [0.5, 0.6) is 0 Å². The maximum absolute atomic E-state index is 6.09. The molecule has 0 radical (unpaired) electrons. The lowest BCUT2D eigenvalue weighted by atomic mass is 10.0. The molecular weight excluding hydrogens is 246 g/mol.